The average molecular weight is 593 g/mol. The van der Waals surface area contributed by atoms with Crippen LogP contribution in [0.4, 0.5) is 13.2 Å². The molecule has 2 aliphatic rings. The van der Waals surface area contributed by atoms with E-state index in [4.69, 9.17) is 14.3 Å². The molecule has 12 heteroatoms. The number of imidazole rings is 1. The van der Waals surface area contributed by atoms with Gasteiger partial charge in [0.2, 0.25) is 12.1 Å². The predicted octanol–water partition coefficient (Wildman–Crippen LogP) is 5.76. The Bertz CT molecular complexity index is 1280. The van der Waals surface area contributed by atoms with E-state index in [-0.39, 0.29) is 17.4 Å². The monoisotopic (exact) mass is 592 g/mol. The highest BCUT2D eigenvalue weighted by Crippen LogP contribution is 2.34. The summed E-state index contributed by atoms with van der Waals surface area (Å²) in [6.45, 7) is 4.65. The molecule has 0 bridgehead atoms. The molecule has 1 aromatic heterocycles. The van der Waals surface area contributed by atoms with Crippen LogP contribution in [0, 0.1) is 25.6 Å². The summed E-state index contributed by atoms with van der Waals surface area (Å²) in [6, 6.07) is 13.2. The van der Waals surface area contributed by atoms with Crippen molar-refractivity contribution < 1.29 is 32.6 Å². The molecule has 8 nitrogen and oxygen atoms in total. The van der Waals surface area contributed by atoms with E-state index in [0.29, 0.717) is 11.3 Å². The van der Waals surface area contributed by atoms with Crippen molar-refractivity contribution in [2.24, 2.45) is 5.16 Å². The van der Waals surface area contributed by atoms with Crippen LogP contribution < -0.4 is 4.74 Å². The Morgan fingerprint density at radius 2 is 1.83 bits per heavy atom. The smallest absolute Gasteiger partial charge is 0.416 e. The lowest BCUT2D eigenvalue weighted by atomic mass is 10.1. The number of hydrogen-bond acceptors (Lipinski definition) is 8. The van der Waals surface area contributed by atoms with Crippen LogP contribution in [0.1, 0.15) is 25.1 Å². The first kappa shape index (κ1) is 34.9. The second-order valence-corrected chi connectivity index (χ2v) is 7.68. The summed E-state index contributed by atoms with van der Waals surface area (Å²) >= 11 is 3.53. The molecule has 3 heterocycles. The van der Waals surface area contributed by atoms with Crippen LogP contribution in [0.2, 0.25) is 0 Å². The largest absolute Gasteiger partial charge is 0.495 e. The Hall–Kier alpha value is -4.08. The van der Waals surface area contributed by atoms with Gasteiger partial charge < -0.3 is 28.9 Å². The Morgan fingerprint density at radius 1 is 1.17 bits per heavy atom. The molecule has 5 rings (SSSR count). The van der Waals surface area contributed by atoms with Gasteiger partial charge in [-0.1, -0.05) is 43.3 Å². The highest BCUT2D eigenvalue weighted by Gasteiger charge is 2.48. The van der Waals surface area contributed by atoms with E-state index < -0.39 is 25.5 Å². The molecule has 0 aliphatic carbocycles. The standard InChI is InChI=1S/C18H18F2N4O4.C6H5F.C2H6.C2H2.CH4S/c1-11-7-23(10-21-11)13-4-3-12(5-14(13)26-2)6-15-17-22-28-16(8-25)24(17)9-18(19,20)27-15;7-6-4-2-1-3-5-6;3*1-2/h3-7,10,16,25H,8-9H2,1-2H3;1-5H;1-2H3;1-2H;2H,1H3/b15-6-;;;;/t16-;;;;/m0..../s1. The van der Waals surface area contributed by atoms with Crippen LogP contribution >= 0.6 is 12.6 Å². The minimum Gasteiger partial charge on any atom is -0.495 e. The fraction of sp³-hybridized carbons (Fsp3) is 0.310. The number of aryl methyl sites for hydroxylation is 1. The zero-order valence-corrected chi connectivity index (χ0v) is 24.4. The predicted molar refractivity (Wildman–Crippen MR) is 158 cm³/mol. The molecule has 0 radical (unpaired) electrons. The lowest BCUT2D eigenvalue weighted by molar-refractivity contribution is -0.232. The molecule has 1 saturated heterocycles. The minimum atomic E-state index is -3.44. The number of halogens is 3. The minimum absolute atomic E-state index is 0.109. The Kier molecular flexibility index (Phi) is 15.0. The second kappa shape index (κ2) is 17.6. The maximum atomic E-state index is 14.0. The topological polar surface area (TPSA) is 81.3 Å². The number of alkyl halides is 2. The number of rotatable bonds is 4. The first-order valence-electron chi connectivity index (χ1n) is 12.4. The number of ether oxygens (including phenoxy) is 2. The number of fused-ring (bicyclic) bond motifs is 1. The highest BCUT2D eigenvalue weighted by molar-refractivity contribution is 7.79. The summed E-state index contributed by atoms with van der Waals surface area (Å²) in [6.07, 6.45) is 10.2. The number of oxime groups is 1. The number of aromatic nitrogens is 2. The number of methoxy groups -OCH3 is 1. The maximum Gasteiger partial charge on any atom is 0.416 e. The number of nitrogens with zero attached hydrogens (tertiary/aromatic N) is 4. The van der Waals surface area contributed by atoms with E-state index >= 15 is 0 Å². The van der Waals surface area contributed by atoms with Crippen molar-refractivity contribution >= 4 is 24.5 Å². The molecule has 222 valence electrons. The summed E-state index contributed by atoms with van der Waals surface area (Å²) in [5.74, 6) is 0.310. The molecule has 1 fully saturated rings. The lowest BCUT2D eigenvalue weighted by Gasteiger charge is -2.34. The fourth-order valence-electron chi connectivity index (χ4n) is 3.50. The molecule has 2 aliphatic heterocycles. The van der Waals surface area contributed by atoms with E-state index in [1.807, 2.05) is 27.0 Å². The van der Waals surface area contributed by atoms with Crippen molar-refractivity contribution in [1.29, 1.82) is 0 Å². The van der Waals surface area contributed by atoms with Gasteiger partial charge in [-0.3, -0.25) is 0 Å². The molecule has 0 amide bonds. The Morgan fingerprint density at radius 3 is 2.34 bits per heavy atom. The van der Waals surface area contributed by atoms with E-state index in [0.717, 1.165) is 11.4 Å². The van der Waals surface area contributed by atoms with Crippen LogP contribution in [0.5, 0.6) is 5.75 Å². The molecule has 0 unspecified atom stereocenters. The van der Waals surface area contributed by atoms with Gasteiger partial charge in [0.15, 0.2) is 5.76 Å². The van der Waals surface area contributed by atoms with Crippen LogP contribution in [0.15, 0.2) is 72.0 Å². The molecule has 2 aromatic carbocycles. The third kappa shape index (κ3) is 9.81. The van der Waals surface area contributed by atoms with Crippen molar-refractivity contribution in [3.63, 3.8) is 0 Å². The summed E-state index contributed by atoms with van der Waals surface area (Å²) in [7, 11) is 1.52. The van der Waals surface area contributed by atoms with Crippen molar-refractivity contribution in [1.82, 2.24) is 14.5 Å². The molecule has 1 atom stereocenters. The van der Waals surface area contributed by atoms with Gasteiger partial charge in [-0.15, -0.1) is 12.8 Å². The Labute approximate surface area is 244 Å². The quantitative estimate of drug-likeness (QED) is 0.296. The van der Waals surface area contributed by atoms with Crippen molar-refractivity contribution in [2.45, 2.75) is 33.1 Å². The van der Waals surface area contributed by atoms with Gasteiger partial charge in [-0.2, -0.15) is 21.4 Å². The van der Waals surface area contributed by atoms with Gasteiger partial charge in [0, 0.05) is 6.20 Å². The van der Waals surface area contributed by atoms with Crippen LogP contribution in [-0.4, -0.2) is 64.2 Å². The second-order valence-electron chi connectivity index (χ2n) is 7.68. The summed E-state index contributed by atoms with van der Waals surface area (Å²) in [4.78, 5) is 10.4. The van der Waals surface area contributed by atoms with Gasteiger partial charge in [0.1, 0.15) is 24.7 Å². The van der Waals surface area contributed by atoms with Crippen molar-refractivity contribution in [3.8, 4) is 24.3 Å². The van der Waals surface area contributed by atoms with Gasteiger partial charge in [0.25, 0.3) is 0 Å². The lowest BCUT2D eigenvalue weighted by Crippen LogP contribution is -2.51. The first-order valence-corrected chi connectivity index (χ1v) is 13.3. The molecule has 3 aromatic rings. The third-order valence-corrected chi connectivity index (χ3v) is 5.10. The third-order valence-electron chi connectivity index (χ3n) is 5.10. The molecule has 0 saturated carbocycles. The van der Waals surface area contributed by atoms with Gasteiger partial charge in [-0.05, 0) is 49.1 Å². The average Bonchev–Trinajstić information content (AvgIpc) is 3.62. The molecule has 1 N–H and O–H groups in total. The Balaban J connectivity index is 0.000000547. The number of benzene rings is 2. The van der Waals surface area contributed by atoms with Crippen molar-refractivity contribution in [2.75, 3.05) is 26.5 Å². The van der Waals surface area contributed by atoms with E-state index in [1.54, 1.807) is 53.5 Å². The van der Waals surface area contributed by atoms with E-state index in [9.17, 15) is 18.3 Å². The zero-order valence-electron chi connectivity index (χ0n) is 23.5. The fourth-order valence-corrected chi connectivity index (χ4v) is 3.50. The number of aliphatic hydroxyl groups excluding tert-OH is 1. The SMILES string of the molecule is C#C.CC.COc1cc(/C=C2\OC(F)(F)CN3C2=NO[C@H]3CO)ccc1-n1cnc(C)c1.CS.Fc1ccccc1. The number of terminal acetylenes is 1. The van der Waals surface area contributed by atoms with Gasteiger partial charge >= 0.3 is 6.11 Å². The number of thiol groups is 1. The van der Waals surface area contributed by atoms with Crippen LogP contribution in [0.3, 0.4) is 0 Å². The van der Waals surface area contributed by atoms with Crippen LogP contribution in [0.25, 0.3) is 11.8 Å². The number of hydrogen-bond donors (Lipinski definition) is 2. The molecule has 0 spiro atoms. The molecular formula is C29H35F3N4O4S. The van der Waals surface area contributed by atoms with Gasteiger partial charge in [0.05, 0.1) is 24.8 Å². The van der Waals surface area contributed by atoms with Gasteiger partial charge in [-0.25, -0.2) is 9.37 Å². The highest BCUT2D eigenvalue weighted by atomic mass is 32.1. The summed E-state index contributed by atoms with van der Waals surface area (Å²) < 4.78 is 52.0. The van der Waals surface area contributed by atoms with E-state index in [1.165, 1.54) is 30.2 Å². The van der Waals surface area contributed by atoms with E-state index in [2.05, 4.69) is 35.6 Å². The normalized spacial score (nSPS) is 16.7. The first-order chi connectivity index (χ1) is 19.8. The van der Waals surface area contributed by atoms with Crippen molar-refractivity contribution in [3.05, 3.63) is 83.9 Å². The molecule has 41 heavy (non-hydrogen) atoms. The summed E-state index contributed by atoms with van der Waals surface area (Å²) in [5, 5.41) is 13.1. The number of morpholine rings is 1. The molecular weight excluding hydrogens is 557 g/mol. The number of aliphatic hydroxyl groups is 1. The zero-order chi connectivity index (χ0) is 31.0. The summed E-state index contributed by atoms with van der Waals surface area (Å²) in [5.41, 5.74) is 2.17. The maximum absolute atomic E-state index is 14.0. The number of amidine groups is 1. The van der Waals surface area contributed by atoms with Crippen LogP contribution in [-0.2, 0) is 9.57 Å².